The quantitative estimate of drug-likeness (QED) is 0.379. The molecule has 0 aliphatic rings. The van der Waals surface area contributed by atoms with Gasteiger partial charge in [0, 0.05) is 23.6 Å². The van der Waals surface area contributed by atoms with E-state index in [1.54, 1.807) is 31.9 Å². The average Bonchev–Trinajstić information content (AvgIpc) is 2.84. The van der Waals surface area contributed by atoms with Crippen LogP contribution >= 0.6 is 0 Å². The third-order valence-corrected chi connectivity index (χ3v) is 5.48. The summed E-state index contributed by atoms with van der Waals surface area (Å²) in [6.45, 7) is 5.95. The topological polar surface area (TPSA) is 89.0 Å². The van der Waals surface area contributed by atoms with E-state index in [-0.39, 0.29) is 11.9 Å². The van der Waals surface area contributed by atoms with E-state index in [9.17, 15) is 4.79 Å². The van der Waals surface area contributed by atoms with E-state index in [0.717, 1.165) is 33.7 Å². The predicted molar refractivity (Wildman–Crippen MR) is 134 cm³/mol. The average molecular weight is 454 g/mol. The van der Waals surface area contributed by atoms with E-state index in [1.807, 2.05) is 69.3 Å². The van der Waals surface area contributed by atoms with E-state index in [4.69, 9.17) is 9.72 Å². The summed E-state index contributed by atoms with van der Waals surface area (Å²) in [4.78, 5) is 25.8. The zero-order valence-electron chi connectivity index (χ0n) is 19.7. The molecule has 7 heteroatoms. The molecule has 0 radical (unpaired) electrons. The summed E-state index contributed by atoms with van der Waals surface area (Å²) in [6.07, 6.45) is 6.71. The standard InChI is InChI=1S/C27H27N5O2/c1-17-10-22(14-28-13-17)27(33)31-23-7-5-6-20(11-23)19(3)30-26-16-29-15-24(32-26)21-9-8-18(2)25(12-21)34-4/h5-16,19H,1-4H3,(H,30,32)(H,31,33)/t19-/m1/s1. The molecule has 0 spiro atoms. The normalized spacial score (nSPS) is 11.5. The summed E-state index contributed by atoms with van der Waals surface area (Å²) >= 11 is 0. The van der Waals surface area contributed by atoms with Crippen molar-refractivity contribution in [3.8, 4) is 17.0 Å². The molecule has 0 saturated heterocycles. The molecule has 1 amide bonds. The number of amides is 1. The molecule has 0 aliphatic heterocycles. The van der Waals surface area contributed by atoms with Crippen LogP contribution in [0.4, 0.5) is 11.5 Å². The Morgan fingerprint density at radius 1 is 0.971 bits per heavy atom. The van der Waals surface area contributed by atoms with E-state index in [1.165, 1.54) is 0 Å². The Morgan fingerprint density at radius 2 is 1.79 bits per heavy atom. The van der Waals surface area contributed by atoms with Gasteiger partial charge in [-0.2, -0.15) is 0 Å². The zero-order chi connectivity index (χ0) is 24.1. The molecule has 0 fully saturated rings. The lowest BCUT2D eigenvalue weighted by Gasteiger charge is -2.17. The minimum atomic E-state index is -0.193. The number of aromatic nitrogens is 3. The fourth-order valence-corrected chi connectivity index (χ4v) is 3.63. The van der Waals surface area contributed by atoms with Gasteiger partial charge in [0.05, 0.1) is 36.8 Å². The van der Waals surface area contributed by atoms with Gasteiger partial charge in [0.15, 0.2) is 0 Å². The second kappa shape index (κ2) is 10.1. The van der Waals surface area contributed by atoms with Crippen LogP contribution in [0.25, 0.3) is 11.3 Å². The van der Waals surface area contributed by atoms with Crippen molar-refractivity contribution in [2.75, 3.05) is 17.7 Å². The number of carbonyl (C=O) groups excluding carboxylic acids is 1. The molecule has 4 aromatic rings. The molecule has 0 unspecified atom stereocenters. The second-order valence-corrected chi connectivity index (χ2v) is 8.17. The fraction of sp³-hybridized carbons (Fsp3) is 0.185. The van der Waals surface area contributed by atoms with Crippen LogP contribution in [0, 0.1) is 13.8 Å². The Balaban J connectivity index is 1.48. The van der Waals surface area contributed by atoms with Gasteiger partial charge in [0.2, 0.25) is 0 Å². The number of aryl methyl sites for hydroxylation is 2. The van der Waals surface area contributed by atoms with Crippen LogP contribution in [0.2, 0.25) is 0 Å². The lowest BCUT2D eigenvalue weighted by molar-refractivity contribution is 0.102. The number of nitrogens with one attached hydrogen (secondary N) is 2. The van der Waals surface area contributed by atoms with Gasteiger partial charge in [-0.15, -0.1) is 0 Å². The van der Waals surface area contributed by atoms with Gasteiger partial charge in [-0.1, -0.05) is 24.3 Å². The first-order valence-electron chi connectivity index (χ1n) is 11.0. The summed E-state index contributed by atoms with van der Waals surface area (Å²) in [5, 5.41) is 6.34. The number of rotatable bonds is 7. The van der Waals surface area contributed by atoms with Gasteiger partial charge in [-0.3, -0.25) is 14.8 Å². The third-order valence-electron chi connectivity index (χ3n) is 5.48. The van der Waals surface area contributed by atoms with E-state index in [0.29, 0.717) is 17.1 Å². The molecule has 4 rings (SSSR count). The van der Waals surface area contributed by atoms with Crippen LogP contribution in [-0.4, -0.2) is 28.0 Å². The Labute approximate surface area is 199 Å². The van der Waals surface area contributed by atoms with Crippen LogP contribution in [0.1, 0.15) is 40.0 Å². The number of pyridine rings is 1. The highest BCUT2D eigenvalue weighted by Gasteiger charge is 2.12. The minimum absolute atomic E-state index is 0.0606. The number of methoxy groups -OCH3 is 1. The second-order valence-electron chi connectivity index (χ2n) is 8.17. The molecule has 7 nitrogen and oxygen atoms in total. The summed E-state index contributed by atoms with van der Waals surface area (Å²) in [7, 11) is 1.66. The van der Waals surface area contributed by atoms with E-state index < -0.39 is 0 Å². The maximum Gasteiger partial charge on any atom is 0.257 e. The highest BCUT2D eigenvalue weighted by atomic mass is 16.5. The highest BCUT2D eigenvalue weighted by Crippen LogP contribution is 2.27. The first-order valence-corrected chi connectivity index (χ1v) is 11.0. The minimum Gasteiger partial charge on any atom is -0.496 e. The van der Waals surface area contributed by atoms with Crippen molar-refractivity contribution in [3.05, 3.63) is 95.6 Å². The monoisotopic (exact) mass is 453 g/mol. The predicted octanol–water partition coefficient (Wildman–Crippen LogP) is 5.59. The van der Waals surface area contributed by atoms with Crippen molar-refractivity contribution in [3.63, 3.8) is 0 Å². The molecular weight excluding hydrogens is 426 g/mol. The van der Waals surface area contributed by atoms with Crippen LogP contribution in [0.5, 0.6) is 5.75 Å². The number of hydrogen-bond acceptors (Lipinski definition) is 6. The lowest BCUT2D eigenvalue weighted by Crippen LogP contribution is -2.13. The van der Waals surface area contributed by atoms with E-state index >= 15 is 0 Å². The van der Waals surface area contributed by atoms with Crippen LogP contribution in [0.15, 0.2) is 73.3 Å². The third kappa shape index (κ3) is 5.38. The van der Waals surface area contributed by atoms with Crippen LogP contribution in [0.3, 0.4) is 0 Å². The van der Waals surface area contributed by atoms with Crippen molar-refractivity contribution in [1.82, 2.24) is 15.0 Å². The number of hydrogen-bond donors (Lipinski definition) is 2. The van der Waals surface area contributed by atoms with Crippen LogP contribution in [-0.2, 0) is 0 Å². The van der Waals surface area contributed by atoms with Gasteiger partial charge in [-0.25, -0.2) is 4.98 Å². The molecule has 2 N–H and O–H groups in total. The van der Waals surface area contributed by atoms with Crippen molar-refractivity contribution in [2.45, 2.75) is 26.8 Å². The summed E-state index contributed by atoms with van der Waals surface area (Å²) < 4.78 is 5.44. The van der Waals surface area contributed by atoms with Gasteiger partial charge in [-0.05, 0) is 61.7 Å². The smallest absolute Gasteiger partial charge is 0.257 e. The Bertz CT molecular complexity index is 1320. The molecule has 2 aromatic carbocycles. The van der Waals surface area contributed by atoms with Crippen molar-refractivity contribution >= 4 is 17.4 Å². The molecule has 0 aliphatic carbocycles. The van der Waals surface area contributed by atoms with Crippen LogP contribution < -0.4 is 15.4 Å². The number of nitrogens with zero attached hydrogens (tertiary/aromatic N) is 3. The number of ether oxygens (including phenoxy) is 1. The van der Waals surface area contributed by atoms with Crippen molar-refractivity contribution in [2.24, 2.45) is 0 Å². The Kier molecular flexibility index (Phi) is 6.82. The Hall–Kier alpha value is -4.26. The molecule has 172 valence electrons. The van der Waals surface area contributed by atoms with Crippen molar-refractivity contribution < 1.29 is 9.53 Å². The van der Waals surface area contributed by atoms with Crippen molar-refractivity contribution in [1.29, 1.82) is 0 Å². The lowest BCUT2D eigenvalue weighted by atomic mass is 10.1. The summed E-state index contributed by atoms with van der Waals surface area (Å²) in [5.41, 5.74) is 5.93. The molecule has 2 heterocycles. The molecular formula is C27H27N5O2. The number of carbonyl (C=O) groups is 1. The molecule has 2 aromatic heterocycles. The van der Waals surface area contributed by atoms with E-state index in [2.05, 4.69) is 20.6 Å². The molecule has 1 atom stereocenters. The Morgan fingerprint density at radius 3 is 2.59 bits per heavy atom. The van der Waals surface area contributed by atoms with Gasteiger partial charge in [0.25, 0.3) is 5.91 Å². The highest BCUT2D eigenvalue weighted by molar-refractivity contribution is 6.04. The largest absolute Gasteiger partial charge is 0.496 e. The SMILES string of the molecule is COc1cc(-c2cncc(N[C@H](C)c3cccc(NC(=O)c4cncc(C)c4)c3)n2)ccc1C. The summed E-state index contributed by atoms with van der Waals surface area (Å²) in [5.74, 6) is 1.28. The first kappa shape index (κ1) is 22.9. The number of benzene rings is 2. The molecule has 0 saturated carbocycles. The maximum absolute atomic E-state index is 12.6. The first-order chi connectivity index (χ1) is 16.4. The number of anilines is 2. The van der Waals surface area contributed by atoms with Gasteiger partial charge < -0.3 is 15.4 Å². The molecule has 0 bridgehead atoms. The maximum atomic E-state index is 12.6. The van der Waals surface area contributed by atoms with Gasteiger partial charge >= 0.3 is 0 Å². The van der Waals surface area contributed by atoms with Gasteiger partial charge in [0.1, 0.15) is 11.6 Å². The summed E-state index contributed by atoms with van der Waals surface area (Å²) in [6, 6.07) is 15.4. The zero-order valence-corrected chi connectivity index (χ0v) is 19.7. The molecule has 34 heavy (non-hydrogen) atoms. The fourth-order valence-electron chi connectivity index (χ4n) is 3.63.